The van der Waals surface area contributed by atoms with Crippen LogP contribution in [0.25, 0.3) is 11.0 Å². The van der Waals surface area contributed by atoms with Crippen molar-refractivity contribution in [1.82, 2.24) is 9.97 Å². The highest BCUT2D eigenvalue weighted by molar-refractivity contribution is 5.81. The van der Waals surface area contributed by atoms with Crippen molar-refractivity contribution in [2.75, 3.05) is 0 Å². The molecule has 0 radical (unpaired) electrons. The maximum Gasteiger partial charge on any atom is 0.168 e. The third kappa shape index (κ3) is 1.19. The molecule has 3 N–H and O–H groups in total. The number of aromatic nitrogens is 2. The van der Waals surface area contributed by atoms with Crippen molar-refractivity contribution in [2.45, 2.75) is 0 Å². The molecule has 0 aliphatic rings. The van der Waals surface area contributed by atoms with Gasteiger partial charge in [-0.2, -0.15) is 0 Å². The summed E-state index contributed by atoms with van der Waals surface area (Å²) in [5.74, 6) is 0. The van der Waals surface area contributed by atoms with Crippen LogP contribution >= 0.6 is 0 Å². The fourth-order valence-corrected chi connectivity index (χ4v) is 1.01. The third-order valence-electron chi connectivity index (χ3n) is 1.55. The van der Waals surface area contributed by atoms with Crippen molar-refractivity contribution in [2.24, 2.45) is 0 Å². The lowest BCUT2D eigenvalue weighted by molar-refractivity contribution is 0.111. The molecule has 0 aromatic carbocycles. The van der Waals surface area contributed by atoms with Crippen molar-refractivity contribution in [3.63, 3.8) is 0 Å². The number of nitrogens with one attached hydrogen (secondary N) is 1. The van der Waals surface area contributed by atoms with E-state index >= 15 is 0 Å². The zero-order chi connectivity index (χ0) is 7.68. The van der Waals surface area contributed by atoms with Crippen LogP contribution in [0.3, 0.4) is 0 Å². The zero-order valence-electron chi connectivity index (χ0n) is 6.24. The Morgan fingerprint density at radius 2 is 2.17 bits per heavy atom. The second-order valence-electron chi connectivity index (χ2n) is 2.27. The molecule has 0 saturated carbocycles. The molecular weight excluding hydrogens is 156 g/mol. The molecule has 0 unspecified atom stereocenters. The van der Waals surface area contributed by atoms with Crippen LogP contribution in [-0.4, -0.2) is 21.7 Å². The number of carbonyl (C=O) groups excluding carboxylic acids is 1. The van der Waals surface area contributed by atoms with E-state index in [4.69, 9.17) is 0 Å². The molecule has 0 aliphatic carbocycles. The number of hydrogen-bond acceptors (Lipinski definition) is 2. The largest absolute Gasteiger partial charge is 0.412 e. The van der Waals surface area contributed by atoms with Crippen LogP contribution in [-0.2, 0) is 0 Å². The molecular formula is C8H8N2O2. The minimum Gasteiger partial charge on any atom is -0.412 e. The number of nitrogens with zero attached hydrogens (tertiary/aromatic N) is 1. The Morgan fingerprint density at radius 1 is 1.33 bits per heavy atom. The predicted molar refractivity (Wildman–Crippen MR) is 45.1 cm³/mol. The smallest absolute Gasteiger partial charge is 0.168 e. The van der Waals surface area contributed by atoms with E-state index in [0.29, 0.717) is 5.69 Å². The Balaban J connectivity index is 0.000000720. The molecule has 0 spiro atoms. The van der Waals surface area contributed by atoms with Crippen LogP contribution in [0.15, 0.2) is 24.4 Å². The summed E-state index contributed by atoms with van der Waals surface area (Å²) in [6, 6.07) is 5.47. The summed E-state index contributed by atoms with van der Waals surface area (Å²) in [5.41, 5.74) is 1.22. The Hall–Kier alpha value is -1.68. The molecule has 0 fully saturated rings. The first kappa shape index (κ1) is 8.42. The average Bonchev–Trinajstić information content (AvgIpc) is 2.50. The van der Waals surface area contributed by atoms with Gasteiger partial charge in [0.15, 0.2) is 6.29 Å². The summed E-state index contributed by atoms with van der Waals surface area (Å²) < 4.78 is 0. The SMILES string of the molecule is O.O=Cc1ccc2cc[nH]c2n1. The van der Waals surface area contributed by atoms with Crippen molar-refractivity contribution in [1.29, 1.82) is 0 Å². The number of rotatable bonds is 1. The van der Waals surface area contributed by atoms with E-state index in [1.165, 1.54) is 0 Å². The first-order chi connectivity index (χ1) is 5.40. The molecule has 4 nitrogen and oxygen atoms in total. The maximum atomic E-state index is 10.3. The van der Waals surface area contributed by atoms with Crippen molar-refractivity contribution in [3.8, 4) is 0 Å². The van der Waals surface area contributed by atoms with Crippen molar-refractivity contribution >= 4 is 17.3 Å². The first-order valence-electron chi connectivity index (χ1n) is 3.29. The zero-order valence-corrected chi connectivity index (χ0v) is 6.24. The van der Waals surface area contributed by atoms with E-state index < -0.39 is 0 Å². The third-order valence-corrected chi connectivity index (χ3v) is 1.55. The van der Waals surface area contributed by atoms with Crippen LogP contribution < -0.4 is 0 Å². The fraction of sp³-hybridized carbons (Fsp3) is 0. The molecule has 0 atom stereocenters. The first-order valence-corrected chi connectivity index (χ1v) is 3.29. The highest BCUT2D eigenvalue weighted by Crippen LogP contribution is 2.08. The lowest BCUT2D eigenvalue weighted by Gasteiger charge is -1.88. The molecule has 2 rings (SSSR count). The van der Waals surface area contributed by atoms with Crippen LogP contribution in [0.2, 0.25) is 0 Å². The molecule has 0 bridgehead atoms. The van der Waals surface area contributed by atoms with E-state index in [2.05, 4.69) is 9.97 Å². The summed E-state index contributed by atoms with van der Waals surface area (Å²) in [6.07, 6.45) is 2.53. The summed E-state index contributed by atoms with van der Waals surface area (Å²) in [6.45, 7) is 0. The highest BCUT2D eigenvalue weighted by Gasteiger charge is 1.95. The van der Waals surface area contributed by atoms with Gasteiger partial charge in [0.1, 0.15) is 11.3 Å². The Morgan fingerprint density at radius 3 is 2.92 bits per heavy atom. The van der Waals surface area contributed by atoms with Gasteiger partial charge in [0.25, 0.3) is 0 Å². The molecule has 12 heavy (non-hydrogen) atoms. The normalized spacial score (nSPS) is 9.33. The Bertz CT molecular complexity index is 395. The van der Waals surface area contributed by atoms with Gasteiger partial charge in [0.2, 0.25) is 0 Å². The molecule has 2 aromatic rings. The van der Waals surface area contributed by atoms with Gasteiger partial charge in [0, 0.05) is 11.6 Å². The quantitative estimate of drug-likeness (QED) is 0.625. The second kappa shape index (κ2) is 3.15. The monoisotopic (exact) mass is 164 g/mol. The van der Waals surface area contributed by atoms with Gasteiger partial charge < -0.3 is 10.5 Å². The van der Waals surface area contributed by atoms with Gasteiger partial charge in [-0.15, -0.1) is 0 Å². The summed E-state index contributed by atoms with van der Waals surface area (Å²) in [4.78, 5) is 17.3. The van der Waals surface area contributed by atoms with Gasteiger partial charge in [0.05, 0.1) is 0 Å². The number of aromatic amines is 1. The van der Waals surface area contributed by atoms with Crippen LogP contribution in [0, 0.1) is 0 Å². The summed E-state index contributed by atoms with van der Waals surface area (Å²) in [7, 11) is 0. The van der Waals surface area contributed by atoms with Crippen molar-refractivity contribution < 1.29 is 10.3 Å². The maximum absolute atomic E-state index is 10.3. The number of aldehydes is 1. The minimum atomic E-state index is 0. The van der Waals surface area contributed by atoms with Gasteiger partial charge in [-0.25, -0.2) is 4.98 Å². The minimum absolute atomic E-state index is 0. The standard InChI is InChI=1S/C8H6N2O.H2O/c11-5-7-2-1-6-3-4-9-8(6)10-7;/h1-5H,(H,9,10);1H2. The Kier molecular flexibility index (Phi) is 2.21. The number of H-pyrrole nitrogens is 1. The molecule has 2 aromatic heterocycles. The van der Waals surface area contributed by atoms with E-state index in [0.717, 1.165) is 17.3 Å². The lowest BCUT2D eigenvalue weighted by Crippen LogP contribution is -1.85. The fourth-order valence-electron chi connectivity index (χ4n) is 1.01. The topological polar surface area (TPSA) is 77.2 Å². The van der Waals surface area contributed by atoms with Crippen LogP contribution in [0.1, 0.15) is 10.5 Å². The van der Waals surface area contributed by atoms with E-state index in [1.807, 2.05) is 12.1 Å². The lowest BCUT2D eigenvalue weighted by atomic mass is 10.3. The van der Waals surface area contributed by atoms with Gasteiger partial charge in [-0.3, -0.25) is 4.79 Å². The number of fused-ring (bicyclic) bond motifs is 1. The molecule has 0 amide bonds. The molecule has 0 aliphatic heterocycles. The summed E-state index contributed by atoms with van der Waals surface area (Å²) in [5, 5.41) is 1.02. The summed E-state index contributed by atoms with van der Waals surface area (Å²) >= 11 is 0. The predicted octanol–water partition coefficient (Wildman–Crippen LogP) is 0.551. The average molecular weight is 164 g/mol. The van der Waals surface area contributed by atoms with Crippen LogP contribution in [0.4, 0.5) is 0 Å². The highest BCUT2D eigenvalue weighted by atomic mass is 16.1. The van der Waals surface area contributed by atoms with E-state index in [9.17, 15) is 4.79 Å². The van der Waals surface area contributed by atoms with E-state index in [1.54, 1.807) is 12.3 Å². The number of hydrogen-bond donors (Lipinski definition) is 1. The van der Waals surface area contributed by atoms with Crippen LogP contribution in [0.5, 0.6) is 0 Å². The van der Waals surface area contributed by atoms with Gasteiger partial charge >= 0.3 is 0 Å². The molecule has 62 valence electrons. The molecule has 2 heterocycles. The Labute approximate surface area is 68.5 Å². The molecule has 0 saturated heterocycles. The molecule has 4 heteroatoms. The van der Waals surface area contributed by atoms with Crippen molar-refractivity contribution in [3.05, 3.63) is 30.1 Å². The van der Waals surface area contributed by atoms with E-state index in [-0.39, 0.29) is 5.48 Å². The van der Waals surface area contributed by atoms with Gasteiger partial charge in [-0.05, 0) is 18.2 Å². The second-order valence-corrected chi connectivity index (χ2v) is 2.27. The number of pyridine rings is 1. The van der Waals surface area contributed by atoms with Gasteiger partial charge in [-0.1, -0.05) is 0 Å². The number of carbonyl (C=O) groups is 1.